The summed E-state index contributed by atoms with van der Waals surface area (Å²) in [4.78, 5) is 27.3. The first-order valence-corrected chi connectivity index (χ1v) is 10.1. The molecule has 3 aliphatic heterocycles. The maximum absolute atomic E-state index is 13.4. The highest BCUT2D eigenvalue weighted by molar-refractivity contribution is 5.82. The van der Waals surface area contributed by atoms with Crippen molar-refractivity contribution in [3.8, 4) is 0 Å². The van der Waals surface area contributed by atoms with Gasteiger partial charge in [-0.3, -0.25) is 9.69 Å². The number of hydrogen-bond donors (Lipinski definition) is 1. The molecule has 0 saturated carbocycles. The number of anilines is 1. The quantitative estimate of drug-likeness (QED) is 0.814. The lowest BCUT2D eigenvalue weighted by Gasteiger charge is -2.37. The maximum Gasteiger partial charge on any atom is 0.267 e. The number of likely N-dealkylation sites (tertiary alicyclic amines) is 1. The Hall–Kier alpha value is -1.87. The molecule has 1 aromatic rings. The van der Waals surface area contributed by atoms with E-state index in [1.807, 2.05) is 12.4 Å². The van der Waals surface area contributed by atoms with E-state index in [2.05, 4.69) is 32.0 Å². The molecule has 4 heterocycles. The number of hydrogen-bond acceptors (Lipinski definition) is 6. The SMILES string of the molecule is CCc1cnc(N2CCN([C@@H]3CN[C@H](C(=O)N4CCC(F)(F)C4)C3)CC2)nc1. The third-order valence-corrected chi connectivity index (χ3v) is 6.10. The first-order chi connectivity index (χ1) is 13.4. The van der Waals surface area contributed by atoms with E-state index in [4.69, 9.17) is 0 Å². The lowest BCUT2D eigenvalue weighted by Crippen LogP contribution is -2.51. The second kappa shape index (κ2) is 7.87. The average molecular weight is 394 g/mol. The first-order valence-electron chi connectivity index (χ1n) is 10.1. The molecule has 28 heavy (non-hydrogen) atoms. The number of aromatic nitrogens is 2. The van der Waals surface area contributed by atoms with Gasteiger partial charge in [0.15, 0.2) is 0 Å². The topological polar surface area (TPSA) is 64.6 Å². The van der Waals surface area contributed by atoms with Crippen molar-refractivity contribution in [2.24, 2.45) is 0 Å². The summed E-state index contributed by atoms with van der Waals surface area (Å²) >= 11 is 0. The van der Waals surface area contributed by atoms with Crippen LogP contribution in [-0.4, -0.2) is 89.5 Å². The van der Waals surface area contributed by atoms with Crippen LogP contribution < -0.4 is 10.2 Å². The Morgan fingerprint density at radius 2 is 1.93 bits per heavy atom. The molecule has 1 amide bonds. The number of alkyl halides is 2. The van der Waals surface area contributed by atoms with Crippen LogP contribution in [-0.2, 0) is 11.2 Å². The summed E-state index contributed by atoms with van der Waals surface area (Å²) in [5.74, 6) is -2.14. The van der Waals surface area contributed by atoms with Gasteiger partial charge < -0.3 is 15.1 Å². The molecule has 4 rings (SSSR count). The zero-order valence-electron chi connectivity index (χ0n) is 16.3. The number of halogens is 2. The zero-order valence-corrected chi connectivity index (χ0v) is 16.3. The summed E-state index contributed by atoms with van der Waals surface area (Å²) in [6.45, 7) is 5.98. The molecular weight excluding hydrogens is 366 g/mol. The molecule has 2 atom stereocenters. The van der Waals surface area contributed by atoms with E-state index in [9.17, 15) is 13.6 Å². The van der Waals surface area contributed by atoms with Crippen LogP contribution in [0.4, 0.5) is 14.7 Å². The Balaban J connectivity index is 1.27. The van der Waals surface area contributed by atoms with Crippen LogP contribution in [0.5, 0.6) is 0 Å². The number of rotatable bonds is 4. The minimum atomic E-state index is -2.73. The van der Waals surface area contributed by atoms with Crippen LogP contribution >= 0.6 is 0 Å². The van der Waals surface area contributed by atoms with Crippen LogP contribution in [0.15, 0.2) is 12.4 Å². The van der Waals surface area contributed by atoms with Crippen LogP contribution in [0.3, 0.4) is 0 Å². The van der Waals surface area contributed by atoms with Crippen molar-refractivity contribution in [3.05, 3.63) is 18.0 Å². The molecule has 0 aliphatic carbocycles. The van der Waals surface area contributed by atoms with Crippen molar-refractivity contribution in [2.75, 3.05) is 50.7 Å². The number of carbonyl (C=O) groups is 1. The number of nitrogens with one attached hydrogen (secondary N) is 1. The van der Waals surface area contributed by atoms with Crippen molar-refractivity contribution in [2.45, 2.75) is 44.2 Å². The van der Waals surface area contributed by atoms with Crippen molar-refractivity contribution < 1.29 is 13.6 Å². The van der Waals surface area contributed by atoms with Gasteiger partial charge >= 0.3 is 0 Å². The lowest BCUT2D eigenvalue weighted by molar-refractivity contribution is -0.133. The Morgan fingerprint density at radius 3 is 2.54 bits per heavy atom. The van der Waals surface area contributed by atoms with E-state index in [-0.39, 0.29) is 31.0 Å². The van der Waals surface area contributed by atoms with Gasteiger partial charge in [0, 0.05) is 64.1 Å². The third-order valence-electron chi connectivity index (χ3n) is 6.10. The fourth-order valence-corrected chi connectivity index (χ4v) is 4.31. The van der Waals surface area contributed by atoms with E-state index in [1.54, 1.807) is 0 Å². The Morgan fingerprint density at radius 1 is 1.21 bits per heavy atom. The predicted molar refractivity (Wildman–Crippen MR) is 102 cm³/mol. The van der Waals surface area contributed by atoms with Crippen molar-refractivity contribution in [3.63, 3.8) is 0 Å². The van der Waals surface area contributed by atoms with Gasteiger partial charge in [-0.15, -0.1) is 0 Å². The monoisotopic (exact) mass is 394 g/mol. The van der Waals surface area contributed by atoms with Crippen LogP contribution in [0.2, 0.25) is 0 Å². The normalized spacial score (nSPS) is 28.1. The highest BCUT2D eigenvalue weighted by atomic mass is 19.3. The molecule has 9 heteroatoms. The highest BCUT2D eigenvalue weighted by Crippen LogP contribution is 2.28. The second-order valence-electron chi connectivity index (χ2n) is 7.98. The second-order valence-corrected chi connectivity index (χ2v) is 7.98. The van der Waals surface area contributed by atoms with Gasteiger partial charge in [-0.25, -0.2) is 18.7 Å². The predicted octanol–water partition coefficient (Wildman–Crippen LogP) is 0.759. The number of nitrogens with zero attached hydrogens (tertiary/aromatic N) is 5. The number of aryl methyl sites for hydroxylation is 1. The molecule has 0 unspecified atom stereocenters. The Bertz CT molecular complexity index is 692. The van der Waals surface area contributed by atoms with Crippen molar-refractivity contribution in [1.29, 1.82) is 0 Å². The summed E-state index contributed by atoms with van der Waals surface area (Å²) in [6, 6.07) is -0.0792. The minimum absolute atomic E-state index is 0.157. The molecule has 3 aliphatic rings. The average Bonchev–Trinajstić information content (AvgIpc) is 3.34. The van der Waals surface area contributed by atoms with Gasteiger partial charge in [0.2, 0.25) is 11.9 Å². The lowest BCUT2D eigenvalue weighted by atomic mass is 10.1. The molecule has 0 bridgehead atoms. The third kappa shape index (κ3) is 4.10. The number of carbonyl (C=O) groups excluding carboxylic acids is 1. The van der Waals surface area contributed by atoms with Crippen LogP contribution in [0, 0.1) is 0 Å². The molecule has 0 aromatic carbocycles. The van der Waals surface area contributed by atoms with E-state index in [0.29, 0.717) is 6.42 Å². The zero-order chi connectivity index (χ0) is 19.7. The first kappa shape index (κ1) is 19.4. The molecule has 0 spiro atoms. The van der Waals surface area contributed by atoms with E-state index >= 15 is 0 Å². The summed E-state index contributed by atoms with van der Waals surface area (Å²) in [7, 11) is 0. The van der Waals surface area contributed by atoms with Gasteiger partial charge in [-0.1, -0.05) is 6.92 Å². The van der Waals surface area contributed by atoms with Gasteiger partial charge in [-0.05, 0) is 18.4 Å². The number of amides is 1. The molecular formula is C19H28F2N6O. The molecule has 0 radical (unpaired) electrons. The highest BCUT2D eigenvalue weighted by Gasteiger charge is 2.43. The summed E-state index contributed by atoms with van der Waals surface area (Å²) in [5, 5.41) is 3.25. The molecule has 1 N–H and O–H groups in total. The largest absolute Gasteiger partial charge is 0.338 e. The van der Waals surface area contributed by atoms with Gasteiger partial charge in [0.25, 0.3) is 5.92 Å². The molecule has 1 aromatic heterocycles. The molecule has 154 valence electrons. The van der Waals surface area contributed by atoms with Gasteiger partial charge in [-0.2, -0.15) is 0 Å². The standard InChI is InChI=1S/C19H28F2N6O/c1-2-14-10-23-18(24-11-14)26-7-5-25(6-8-26)15-9-16(22-12-15)17(28)27-4-3-19(20,21)13-27/h10-11,15-16,22H,2-9,12-13H2,1H3/t15-,16-/m0/s1. The summed E-state index contributed by atoms with van der Waals surface area (Å²) in [6.07, 6.45) is 5.15. The summed E-state index contributed by atoms with van der Waals surface area (Å²) in [5.41, 5.74) is 1.13. The fourth-order valence-electron chi connectivity index (χ4n) is 4.31. The molecule has 3 fully saturated rings. The van der Waals surface area contributed by atoms with E-state index in [0.717, 1.165) is 50.7 Å². The smallest absolute Gasteiger partial charge is 0.267 e. The number of piperazine rings is 1. The van der Waals surface area contributed by atoms with E-state index < -0.39 is 12.5 Å². The van der Waals surface area contributed by atoms with E-state index in [1.165, 1.54) is 4.90 Å². The maximum atomic E-state index is 13.4. The minimum Gasteiger partial charge on any atom is -0.338 e. The Kier molecular flexibility index (Phi) is 5.46. The van der Waals surface area contributed by atoms with Crippen LogP contribution in [0.25, 0.3) is 0 Å². The van der Waals surface area contributed by atoms with Crippen LogP contribution in [0.1, 0.15) is 25.3 Å². The summed E-state index contributed by atoms with van der Waals surface area (Å²) < 4.78 is 26.8. The molecule has 7 nitrogen and oxygen atoms in total. The van der Waals surface area contributed by atoms with Crippen molar-refractivity contribution in [1.82, 2.24) is 25.1 Å². The fraction of sp³-hybridized carbons (Fsp3) is 0.737. The Labute approximate surface area is 164 Å². The van der Waals surface area contributed by atoms with Crippen molar-refractivity contribution >= 4 is 11.9 Å². The van der Waals surface area contributed by atoms with Gasteiger partial charge in [0.05, 0.1) is 12.6 Å². The molecule has 3 saturated heterocycles. The van der Waals surface area contributed by atoms with Gasteiger partial charge in [0.1, 0.15) is 0 Å².